The van der Waals surface area contributed by atoms with E-state index in [-0.39, 0.29) is 10.9 Å². The number of carbonyl (C=O) groups excluding carboxylic acids is 1. The molecule has 0 spiro atoms. The summed E-state index contributed by atoms with van der Waals surface area (Å²) in [7, 11) is 1.16. The van der Waals surface area contributed by atoms with Crippen LogP contribution < -0.4 is 0 Å². The molecule has 1 aromatic carbocycles. The maximum absolute atomic E-state index is 13.1. The lowest BCUT2D eigenvalue weighted by Gasteiger charge is -2.10. The second-order valence-corrected chi connectivity index (χ2v) is 4.39. The van der Waals surface area contributed by atoms with Gasteiger partial charge in [-0.1, -0.05) is 18.2 Å². The molecule has 106 valence electrons. The minimum absolute atomic E-state index is 0.00720. The maximum Gasteiger partial charge on any atom is 0.432 e. The standard InChI is InChI=1S/C13H10F3NO3/c1-6-4-3-5-7-8(10(18)12(19)20)11(13(14,15)16)17(2)9(6)7/h3-5H,1-2H3,(H,19,20). The number of alkyl halides is 3. The fourth-order valence-electron chi connectivity index (χ4n) is 2.38. The highest BCUT2D eigenvalue weighted by Gasteiger charge is 2.41. The molecule has 0 aliphatic heterocycles. The summed E-state index contributed by atoms with van der Waals surface area (Å²) in [6, 6.07) is 4.39. The van der Waals surface area contributed by atoms with Crippen molar-refractivity contribution in [2.24, 2.45) is 7.05 Å². The number of Topliss-reactive ketones (excluding diaryl/α,β-unsaturated/α-hetero) is 1. The zero-order valence-electron chi connectivity index (χ0n) is 10.6. The van der Waals surface area contributed by atoms with Gasteiger partial charge in [-0.3, -0.25) is 4.79 Å². The molecule has 7 heteroatoms. The van der Waals surface area contributed by atoms with Gasteiger partial charge in [-0.05, 0) is 12.5 Å². The minimum atomic E-state index is -4.82. The number of carboxylic acids is 1. The van der Waals surface area contributed by atoms with E-state index in [4.69, 9.17) is 5.11 Å². The first-order valence-corrected chi connectivity index (χ1v) is 5.59. The molecule has 0 saturated heterocycles. The van der Waals surface area contributed by atoms with Crippen molar-refractivity contribution in [2.45, 2.75) is 13.1 Å². The van der Waals surface area contributed by atoms with Crippen molar-refractivity contribution in [2.75, 3.05) is 0 Å². The summed E-state index contributed by atoms with van der Waals surface area (Å²) in [5.41, 5.74) is -1.33. The Hall–Kier alpha value is -2.31. The molecule has 4 nitrogen and oxygen atoms in total. The summed E-state index contributed by atoms with van der Waals surface area (Å²) in [6.07, 6.45) is -4.82. The van der Waals surface area contributed by atoms with Crippen molar-refractivity contribution in [3.05, 3.63) is 35.0 Å². The van der Waals surface area contributed by atoms with E-state index in [9.17, 15) is 22.8 Å². The van der Waals surface area contributed by atoms with Crippen LogP contribution in [0, 0.1) is 6.92 Å². The highest BCUT2D eigenvalue weighted by molar-refractivity contribution is 6.42. The zero-order valence-corrected chi connectivity index (χ0v) is 10.6. The SMILES string of the molecule is Cc1cccc2c(C(=O)C(=O)O)c(C(F)(F)F)n(C)c12. The Morgan fingerprint density at radius 1 is 1.25 bits per heavy atom. The molecule has 2 rings (SSSR count). The summed E-state index contributed by atoms with van der Waals surface area (Å²) in [5, 5.41) is 8.73. The number of carboxylic acid groups (broad SMARTS) is 1. The van der Waals surface area contributed by atoms with Gasteiger partial charge in [0, 0.05) is 12.4 Å². The van der Waals surface area contributed by atoms with Crippen molar-refractivity contribution in [1.29, 1.82) is 0 Å². The molecule has 1 aromatic heterocycles. The summed E-state index contributed by atoms with van der Waals surface area (Å²) < 4.78 is 40.2. The van der Waals surface area contributed by atoms with Crippen molar-refractivity contribution in [3.63, 3.8) is 0 Å². The number of halogens is 3. The third-order valence-electron chi connectivity index (χ3n) is 3.10. The number of aromatic nitrogens is 1. The van der Waals surface area contributed by atoms with Gasteiger partial charge in [0.2, 0.25) is 0 Å². The van der Waals surface area contributed by atoms with Crippen molar-refractivity contribution in [3.8, 4) is 0 Å². The number of benzene rings is 1. The molecule has 0 unspecified atom stereocenters. The van der Waals surface area contributed by atoms with Crippen LogP contribution in [0.1, 0.15) is 21.6 Å². The van der Waals surface area contributed by atoms with Gasteiger partial charge in [-0.2, -0.15) is 13.2 Å². The Bertz CT molecular complexity index is 729. The molecule has 0 aliphatic rings. The predicted molar refractivity (Wildman–Crippen MR) is 64.6 cm³/mol. The first kappa shape index (κ1) is 14.1. The van der Waals surface area contributed by atoms with Gasteiger partial charge >= 0.3 is 12.1 Å². The van der Waals surface area contributed by atoms with Crippen LogP contribution in [0.25, 0.3) is 10.9 Å². The van der Waals surface area contributed by atoms with Crippen LogP contribution in [-0.4, -0.2) is 21.4 Å². The molecule has 0 fully saturated rings. The van der Waals surface area contributed by atoms with Gasteiger partial charge in [-0.15, -0.1) is 0 Å². The zero-order chi connectivity index (χ0) is 15.2. The lowest BCUT2D eigenvalue weighted by atomic mass is 10.0. The Labute approximate surface area is 111 Å². The average molecular weight is 285 g/mol. The number of rotatable bonds is 2. The highest BCUT2D eigenvalue weighted by atomic mass is 19.4. The van der Waals surface area contributed by atoms with Crippen LogP contribution in [0.2, 0.25) is 0 Å². The third kappa shape index (κ3) is 1.95. The Kier molecular flexibility index (Phi) is 3.08. The van der Waals surface area contributed by atoms with Gasteiger partial charge in [-0.25, -0.2) is 4.79 Å². The number of hydrogen-bond acceptors (Lipinski definition) is 2. The first-order chi connectivity index (χ1) is 9.16. The molecular weight excluding hydrogens is 275 g/mol. The smallest absolute Gasteiger partial charge is 0.432 e. The molecule has 1 heterocycles. The molecule has 1 N–H and O–H groups in total. The number of fused-ring (bicyclic) bond motifs is 1. The van der Waals surface area contributed by atoms with Crippen molar-refractivity contribution in [1.82, 2.24) is 4.57 Å². The fourth-order valence-corrected chi connectivity index (χ4v) is 2.38. The van der Waals surface area contributed by atoms with E-state index in [1.165, 1.54) is 12.1 Å². The van der Waals surface area contributed by atoms with E-state index < -0.39 is 29.2 Å². The number of carbonyl (C=O) groups is 2. The van der Waals surface area contributed by atoms with Crippen LogP contribution in [0.4, 0.5) is 13.2 Å². The Balaban J connectivity index is 3.00. The van der Waals surface area contributed by atoms with Gasteiger partial charge in [0.15, 0.2) is 0 Å². The molecular formula is C13H10F3NO3. The van der Waals surface area contributed by atoms with Crippen molar-refractivity contribution < 1.29 is 27.9 Å². The Morgan fingerprint density at radius 2 is 1.85 bits per heavy atom. The molecule has 0 atom stereocenters. The summed E-state index contributed by atoms with van der Waals surface area (Å²) in [4.78, 5) is 22.4. The maximum atomic E-state index is 13.1. The number of nitrogens with zero attached hydrogens (tertiary/aromatic N) is 1. The van der Waals surface area contributed by atoms with Crippen LogP contribution in [-0.2, 0) is 18.0 Å². The quantitative estimate of drug-likeness (QED) is 0.681. The largest absolute Gasteiger partial charge is 0.475 e. The average Bonchev–Trinajstić information content (AvgIpc) is 2.62. The lowest BCUT2D eigenvalue weighted by Crippen LogP contribution is -2.20. The topological polar surface area (TPSA) is 59.3 Å². The molecule has 0 saturated carbocycles. The minimum Gasteiger partial charge on any atom is -0.475 e. The predicted octanol–water partition coefficient (Wildman–Crippen LogP) is 2.77. The number of hydrogen-bond donors (Lipinski definition) is 1. The summed E-state index contributed by atoms with van der Waals surface area (Å²) >= 11 is 0. The van der Waals surface area contributed by atoms with Crippen LogP contribution >= 0.6 is 0 Å². The monoisotopic (exact) mass is 285 g/mol. The van der Waals surface area contributed by atoms with E-state index in [1.54, 1.807) is 13.0 Å². The molecule has 0 amide bonds. The van der Waals surface area contributed by atoms with Crippen LogP contribution in [0.15, 0.2) is 18.2 Å². The fraction of sp³-hybridized carbons (Fsp3) is 0.231. The van der Waals surface area contributed by atoms with E-state index in [1.807, 2.05) is 0 Å². The van der Waals surface area contributed by atoms with Gasteiger partial charge in [0.05, 0.1) is 11.1 Å². The molecule has 2 aromatic rings. The summed E-state index contributed by atoms with van der Waals surface area (Å²) in [5.74, 6) is -3.47. The van der Waals surface area contributed by atoms with Crippen LogP contribution in [0.3, 0.4) is 0 Å². The van der Waals surface area contributed by atoms with Gasteiger partial charge in [0.1, 0.15) is 5.69 Å². The van der Waals surface area contributed by atoms with E-state index >= 15 is 0 Å². The van der Waals surface area contributed by atoms with Crippen LogP contribution in [0.5, 0.6) is 0 Å². The third-order valence-corrected chi connectivity index (χ3v) is 3.10. The second-order valence-electron chi connectivity index (χ2n) is 4.39. The van der Waals surface area contributed by atoms with Gasteiger partial charge in [0.25, 0.3) is 5.78 Å². The molecule has 0 bridgehead atoms. The van der Waals surface area contributed by atoms with Gasteiger partial charge < -0.3 is 9.67 Å². The number of para-hydroxylation sites is 1. The lowest BCUT2D eigenvalue weighted by molar-refractivity contribution is -0.143. The number of aliphatic carboxylic acids is 1. The van der Waals surface area contributed by atoms with Crippen molar-refractivity contribution >= 4 is 22.7 Å². The normalized spacial score (nSPS) is 11.8. The van der Waals surface area contributed by atoms with E-state index in [0.29, 0.717) is 5.56 Å². The highest BCUT2D eigenvalue weighted by Crippen LogP contribution is 2.38. The molecule has 0 aliphatic carbocycles. The number of ketones is 1. The van der Waals surface area contributed by atoms with E-state index in [0.717, 1.165) is 11.6 Å². The second kappa shape index (κ2) is 4.36. The number of aryl methyl sites for hydroxylation is 2. The Morgan fingerprint density at radius 3 is 2.35 bits per heavy atom. The first-order valence-electron chi connectivity index (χ1n) is 5.59. The summed E-state index contributed by atoms with van der Waals surface area (Å²) in [6.45, 7) is 1.59. The van der Waals surface area contributed by atoms with E-state index in [2.05, 4.69) is 0 Å². The molecule has 20 heavy (non-hydrogen) atoms. The molecule has 0 radical (unpaired) electrons.